The molecule has 8 heteroatoms. The van der Waals surface area contributed by atoms with Crippen LogP contribution >= 0.6 is 0 Å². The van der Waals surface area contributed by atoms with E-state index in [1.807, 2.05) is 29.2 Å². The molecule has 2 aliphatic carbocycles. The number of hydrogen-bond acceptors (Lipinski definition) is 6. The molecule has 0 bridgehead atoms. The van der Waals surface area contributed by atoms with Crippen molar-refractivity contribution in [1.82, 2.24) is 25.1 Å². The number of carbonyl (C=O) groups is 1. The van der Waals surface area contributed by atoms with Crippen LogP contribution in [0.4, 0.5) is 0 Å². The first-order chi connectivity index (χ1) is 17.6. The third-order valence-electron chi connectivity index (χ3n) is 7.31. The number of rotatable bonds is 7. The number of hydrogen-bond donors (Lipinski definition) is 1. The van der Waals surface area contributed by atoms with Gasteiger partial charge in [-0.25, -0.2) is 0 Å². The summed E-state index contributed by atoms with van der Waals surface area (Å²) in [5.41, 5.74) is 8.46. The summed E-state index contributed by atoms with van der Waals surface area (Å²) in [5, 5.41) is 8.02. The predicted molar refractivity (Wildman–Crippen MR) is 135 cm³/mol. The molecule has 0 spiro atoms. The highest BCUT2D eigenvalue weighted by atomic mass is 16.6. The zero-order chi connectivity index (χ0) is 24.5. The van der Waals surface area contributed by atoms with Gasteiger partial charge in [-0.15, -0.1) is 0 Å². The molecule has 6 rings (SSSR count). The molecule has 36 heavy (non-hydrogen) atoms. The molecule has 1 aromatic carbocycles. The Balaban J connectivity index is 1.14. The number of aryl methyl sites for hydroxylation is 3. The maximum absolute atomic E-state index is 13.0. The minimum atomic E-state index is -0.0482. The third-order valence-corrected chi connectivity index (χ3v) is 7.31. The van der Waals surface area contributed by atoms with E-state index in [1.165, 1.54) is 29.5 Å². The van der Waals surface area contributed by atoms with E-state index in [1.54, 1.807) is 0 Å². The fourth-order valence-corrected chi connectivity index (χ4v) is 5.29. The number of ether oxygens (including phenoxy) is 2. The molecule has 2 fully saturated rings. The Bertz CT molecular complexity index is 1240. The van der Waals surface area contributed by atoms with E-state index < -0.39 is 0 Å². The topological polar surface area (TPSA) is 91.2 Å². The molecular weight excluding hydrogens is 454 g/mol. The molecule has 0 radical (unpaired) electrons. The van der Waals surface area contributed by atoms with Gasteiger partial charge in [-0.3, -0.25) is 19.4 Å². The molecular formula is C28H33N5O3. The Morgan fingerprint density at radius 2 is 2.03 bits per heavy atom. The van der Waals surface area contributed by atoms with E-state index in [9.17, 15) is 4.79 Å². The maximum atomic E-state index is 13.0. The molecule has 1 N–H and O–H groups in total. The number of aromatic nitrogens is 4. The van der Waals surface area contributed by atoms with Gasteiger partial charge in [0.25, 0.3) is 5.91 Å². The van der Waals surface area contributed by atoms with Crippen molar-refractivity contribution in [3.05, 3.63) is 64.4 Å². The highest BCUT2D eigenvalue weighted by molar-refractivity contribution is 5.95. The molecule has 1 saturated carbocycles. The van der Waals surface area contributed by atoms with Crippen LogP contribution in [0.25, 0.3) is 11.3 Å². The van der Waals surface area contributed by atoms with Crippen LogP contribution in [0, 0.1) is 6.92 Å². The molecule has 1 atom stereocenters. The van der Waals surface area contributed by atoms with E-state index >= 15 is 0 Å². The molecule has 1 aliphatic heterocycles. The number of benzene rings is 1. The van der Waals surface area contributed by atoms with Gasteiger partial charge in [0, 0.05) is 48.6 Å². The Morgan fingerprint density at radius 1 is 1.14 bits per heavy atom. The van der Waals surface area contributed by atoms with Gasteiger partial charge in [-0.2, -0.15) is 5.10 Å². The number of nitrogens with zero attached hydrogens (tertiary/aromatic N) is 4. The first-order valence-electron chi connectivity index (χ1n) is 13.1. The predicted octanol–water partition coefficient (Wildman–Crippen LogP) is 3.40. The molecule has 2 aromatic heterocycles. The molecule has 3 aliphatic rings. The minimum Gasteiger partial charge on any atom is -0.376 e. The molecule has 0 unspecified atom stereocenters. The SMILES string of the molecule is Cc1cc(C(=O)NCCc2cnc(C3CC3)cn2)cc2c1-c1nn(C[C@H]3COCCO3)cc1CCC2. The van der Waals surface area contributed by atoms with Crippen molar-refractivity contribution < 1.29 is 14.3 Å². The second kappa shape index (κ2) is 10.1. The van der Waals surface area contributed by atoms with Gasteiger partial charge in [0.05, 0.1) is 43.4 Å². The molecule has 1 saturated heterocycles. The first-order valence-corrected chi connectivity index (χ1v) is 13.1. The van der Waals surface area contributed by atoms with Gasteiger partial charge in [-0.05, 0) is 67.9 Å². The highest BCUT2D eigenvalue weighted by Crippen LogP contribution is 2.38. The average Bonchev–Trinajstić information content (AvgIpc) is 3.69. The molecule has 3 aromatic rings. The lowest BCUT2D eigenvalue weighted by Crippen LogP contribution is -2.32. The number of fused-ring (bicyclic) bond motifs is 3. The van der Waals surface area contributed by atoms with Gasteiger partial charge in [0.2, 0.25) is 0 Å². The fraction of sp³-hybridized carbons (Fsp3) is 0.500. The van der Waals surface area contributed by atoms with Crippen LogP contribution in [0.1, 0.15) is 63.6 Å². The highest BCUT2D eigenvalue weighted by Gasteiger charge is 2.25. The van der Waals surface area contributed by atoms with E-state index in [-0.39, 0.29) is 12.0 Å². The maximum Gasteiger partial charge on any atom is 0.251 e. The van der Waals surface area contributed by atoms with Gasteiger partial charge >= 0.3 is 0 Å². The summed E-state index contributed by atoms with van der Waals surface area (Å²) >= 11 is 0. The van der Waals surface area contributed by atoms with Gasteiger partial charge in [-0.1, -0.05) is 0 Å². The van der Waals surface area contributed by atoms with Crippen molar-refractivity contribution in [2.75, 3.05) is 26.4 Å². The second-order valence-electron chi connectivity index (χ2n) is 10.2. The smallest absolute Gasteiger partial charge is 0.251 e. The van der Waals surface area contributed by atoms with Crippen LogP contribution in [0.15, 0.2) is 30.7 Å². The minimum absolute atomic E-state index is 0.0380. The standard InChI is InChI=1S/C28H33N5O3/c1-18-11-22(28(34)29-8-7-23-13-31-25(14-30-23)19-5-6-19)12-20-3-2-4-21-15-33(32-27(21)26(18)20)16-24-17-35-9-10-36-24/h11-15,19,24H,2-10,16-17H2,1H3,(H,29,34)/t24-/m0/s1. The van der Waals surface area contributed by atoms with Crippen LogP contribution in [0.3, 0.4) is 0 Å². The lowest BCUT2D eigenvalue weighted by Gasteiger charge is -2.22. The van der Waals surface area contributed by atoms with Crippen LogP contribution in [0.5, 0.6) is 0 Å². The largest absolute Gasteiger partial charge is 0.376 e. The quantitative estimate of drug-likeness (QED) is 0.549. The van der Waals surface area contributed by atoms with Crippen LogP contribution < -0.4 is 5.32 Å². The van der Waals surface area contributed by atoms with Crippen molar-refractivity contribution >= 4 is 5.91 Å². The zero-order valence-electron chi connectivity index (χ0n) is 20.8. The summed E-state index contributed by atoms with van der Waals surface area (Å²) in [4.78, 5) is 22.0. The summed E-state index contributed by atoms with van der Waals surface area (Å²) in [6.45, 7) is 5.22. The fourth-order valence-electron chi connectivity index (χ4n) is 5.29. The summed E-state index contributed by atoms with van der Waals surface area (Å²) in [7, 11) is 0. The lowest BCUT2D eigenvalue weighted by molar-refractivity contribution is -0.0946. The van der Waals surface area contributed by atoms with E-state index in [2.05, 4.69) is 28.4 Å². The first kappa shape index (κ1) is 23.3. The summed E-state index contributed by atoms with van der Waals surface area (Å²) in [6.07, 6.45) is 12.0. The van der Waals surface area contributed by atoms with Crippen molar-refractivity contribution in [2.24, 2.45) is 0 Å². The summed E-state index contributed by atoms with van der Waals surface area (Å²) in [6, 6.07) is 4.04. The normalized spacial score (nSPS) is 19.3. The lowest BCUT2D eigenvalue weighted by atomic mass is 9.94. The second-order valence-corrected chi connectivity index (χ2v) is 10.2. The van der Waals surface area contributed by atoms with E-state index in [0.29, 0.717) is 50.8 Å². The van der Waals surface area contributed by atoms with Gasteiger partial charge < -0.3 is 14.8 Å². The average molecular weight is 488 g/mol. The summed E-state index contributed by atoms with van der Waals surface area (Å²) in [5.74, 6) is 0.556. The molecule has 8 nitrogen and oxygen atoms in total. The number of carbonyl (C=O) groups excluding carboxylic acids is 1. The third kappa shape index (κ3) is 5.06. The Kier molecular flexibility index (Phi) is 6.54. The van der Waals surface area contributed by atoms with Crippen molar-refractivity contribution in [1.29, 1.82) is 0 Å². The van der Waals surface area contributed by atoms with Crippen molar-refractivity contribution in [3.8, 4) is 11.3 Å². The van der Waals surface area contributed by atoms with Crippen molar-refractivity contribution in [3.63, 3.8) is 0 Å². The zero-order valence-corrected chi connectivity index (χ0v) is 20.8. The Morgan fingerprint density at radius 3 is 2.81 bits per heavy atom. The molecule has 1 amide bonds. The van der Waals surface area contributed by atoms with Gasteiger partial charge in [0.15, 0.2) is 0 Å². The number of nitrogens with one attached hydrogen (secondary N) is 1. The van der Waals surface area contributed by atoms with Crippen LogP contribution in [-0.2, 0) is 35.3 Å². The van der Waals surface area contributed by atoms with Crippen LogP contribution in [0.2, 0.25) is 0 Å². The monoisotopic (exact) mass is 487 g/mol. The van der Waals surface area contributed by atoms with E-state index in [0.717, 1.165) is 41.9 Å². The van der Waals surface area contributed by atoms with Crippen molar-refractivity contribution in [2.45, 2.75) is 64.0 Å². The van der Waals surface area contributed by atoms with Gasteiger partial charge in [0.1, 0.15) is 6.10 Å². The Hall–Kier alpha value is -3.10. The number of amides is 1. The summed E-state index contributed by atoms with van der Waals surface area (Å²) < 4.78 is 13.4. The molecule has 188 valence electrons. The van der Waals surface area contributed by atoms with Crippen LogP contribution in [-0.4, -0.2) is 58.1 Å². The molecule has 3 heterocycles. The van der Waals surface area contributed by atoms with E-state index in [4.69, 9.17) is 14.6 Å². The Labute approximate surface area is 211 Å².